The summed E-state index contributed by atoms with van der Waals surface area (Å²) in [6.07, 6.45) is -2.54. The second-order valence-corrected chi connectivity index (χ2v) is 4.11. The molecule has 0 aliphatic heterocycles. The molecule has 124 valence electrons. The molecule has 1 rings (SSSR count). The molecule has 4 N–H and O–H groups in total. The van der Waals surface area contributed by atoms with Crippen LogP contribution >= 0.6 is 12.4 Å². The lowest BCUT2D eigenvalue weighted by Crippen LogP contribution is -2.39. The first-order chi connectivity index (χ1) is 10.0. The van der Waals surface area contributed by atoms with Crippen molar-refractivity contribution in [1.82, 2.24) is 10.6 Å². The van der Waals surface area contributed by atoms with Crippen molar-refractivity contribution in [2.75, 3.05) is 19.7 Å². The average Bonchev–Trinajstić information content (AvgIpc) is 2.48. The summed E-state index contributed by atoms with van der Waals surface area (Å²) in [5.41, 5.74) is 5.77. The topological polar surface area (TPSA) is 93.5 Å². The summed E-state index contributed by atoms with van der Waals surface area (Å²) in [6, 6.07) is 6.46. The predicted octanol–water partition coefficient (Wildman–Crippen LogP) is 0.443. The predicted molar refractivity (Wildman–Crippen MR) is 79.1 cm³/mol. The second-order valence-electron chi connectivity index (χ2n) is 4.11. The molecule has 0 unspecified atom stereocenters. The van der Waals surface area contributed by atoms with Crippen molar-refractivity contribution in [2.45, 2.75) is 13.0 Å². The minimum Gasteiger partial charge on any atom is -0.488 e. The zero-order valence-corrected chi connectivity index (χ0v) is 12.5. The maximum atomic E-state index is 12.0. The van der Waals surface area contributed by atoms with Crippen molar-refractivity contribution >= 4 is 24.2 Å². The first-order valence-electron chi connectivity index (χ1n) is 6.24. The van der Waals surface area contributed by atoms with Gasteiger partial charge in [0.05, 0.1) is 13.1 Å². The molecular weight excluding hydrogens is 320 g/mol. The van der Waals surface area contributed by atoms with Crippen LogP contribution in [-0.4, -0.2) is 37.9 Å². The van der Waals surface area contributed by atoms with Crippen LogP contribution in [0.2, 0.25) is 0 Å². The number of amides is 2. The van der Waals surface area contributed by atoms with Gasteiger partial charge in [0.15, 0.2) is 0 Å². The molecule has 0 heterocycles. The Morgan fingerprint density at radius 1 is 1.23 bits per heavy atom. The molecule has 0 spiro atoms. The van der Waals surface area contributed by atoms with E-state index in [0.717, 1.165) is 0 Å². The van der Waals surface area contributed by atoms with Crippen LogP contribution in [0.1, 0.15) is 5.56 Å². The van der Waals surface area contributed by atoms with Gasteiger partial charge >= 0.3 is 0 Å². The summed E-state index contributed by atoms with van der Waals surface area (Å²) in [5.74, 6) is -0.498. The van der Waals surface area contributed by atoms with Crippen molar-refractivity contribution < 1.29 is 23.1 Å². The van der Waals surface area contributed by atoms with Crippen molar-refractivity contribution in [1.29, 1.82) is 0 Å². The molecule has 1 aromatic carbocycles. The van der Waals surface area contributed by atoms with Crippen LogP contribution in [0.25, 0.3) is 0 Å². The van der Waals surface area contributed by atoms with E-state index in [1.54, 1.807) is 24.3 Å². The van der Waals surface area contributed by atoms with E-state index in [1.807, 2.05) is 0 Å². The van der Waals surface area contributed by atoms with Gasteiger partial charge < -0.3 is 21.1 Å². The van der Waals surface area contributed by atoms with E-state index in [4.69, 9.17) is 10.5 Å². The number of benzene rings is 1. The summed E-state index contributed by atoms with van der Waals surface area (Å²) < 4.78 is 28.9. The number of hydrogen-bond donors (Lipinski definition) is 3. The smallest absolute Gasteiger partial charge is 0.272 e. The number of nitrogens with two attached hydrogens (primary N) is 1. The van der Waals surface area contributed by atoms with E-state index in [9.17, 15) is 18.4 Å². The molecule has 0 atom stereocenters. The molecule has 22 heavy (non-hydrogen) atoms. The average molecular weight is 338 g/mol. The van der Waals surface area contributed by atoms with E-state index in [1.165, 1.54) is 0 Å². The Hall–Kier alpha value is -1.93. The van der Waals surface area contributed by atoms with Gasteiger partial charge in [-0.2, -0.15) is 0 Å². The van der Waals surface area contributed by atoms with Gasteiger partial charge in [0.2, 0.25) is 11.8 Å². The number of nitrogens with one attached hydrogen (secondary N) is 2. The Balaban J connectivity index is 0.00000441. The summed E-state index contributed by atoms with van der Waals surface area (Å²) in [7, 11) is 0. The first kappa shape index (κ1) is 20.1. The van der Waals surface area contributed by atoms with Crippen LogP contribution in [-0.2, 0) is 16.1 Å². The summed E-state index contributed by atoms with van der Waals surface area (Å²) in [5, 5.41) is 4.90. The minimum atomic E-state index is -2.54. The van der Waals surface area contributed by atoms with Crippen LogP contribution in [0.5, 0.6) is 5.75 Å². The van der Waals surface area contributed by atoms with E-state index >= 15 is 0 Å². The van der Waals surface area contributed by atoms with Gasteiger partial charge in [-0.25, -0.2) is 8.78 Å². The Kier molecular flexibility index (Phi) is 9.80. The third-order valence-corrected chi connectivity index (χ3v) is 2.40. The van der Waals surface area contributed by atoms with Crippen LogP contribution in [0.15, 0.2) is 24.3 Å². The summed E-state index contributed by atoms with van der Waals surface area (Å²) in [4.78, 5) is 22.3. The number of halogens is 3. The molecule has 0 aromatic heterocycles. The van der Waals surface area contributed by atoms with E-state index in [0.29, 0.717) is 11.3 Å². The molecule has 0 bridgehead atoms. The zero-order valence-electron chi connectivity index (χ0n) is 11.7. The minimum absolute atomic E-state index is 0. The first-order valence-corrected chi connectivity index (χ1v) is 6.24. The largest absolute Gasteiger partial charge is 0.488 e. The van der Waals surface area contributed by atoms with E-state index in [2.05, 4.69) is 10.6 Å². The van der Waals surface area contributed by atoms with Gasteiger partial charge in [-0.1, -0.05) is 12.1 Å². The molecule has 0 saturated heterocycles. The number of rotatable bonds is 8. The van der Waals surface area contributed by atoms with E-state index < -0.39 is 18.9 Å². The quantitative estimate of drug-likeness (QED) is 0.642. The molecular formula is C13H18ClF2N3O3. The third kappa shape index (κ3) is 8.38. The molecule has 2 amide bonds. The fourth-order valence-corrected chi connectivity index (χ4v) is 1.42. The Morgan fingerprint density at radius 3 is 2.59 bits per heavy atom. The SMILES string of the molecule is Cl.NCC(=O)NCC(=O)NCc1cccc(OCC(F)F)c1. The molecule has 6 nitrogen and oxygen atoms in total. The Labute approximate surface area is 132 Å². The van der Waals surface area contributed by atoms with Gasteiger partial charge in [0, 0.05) is 6.54 Å². The normalized spacial score (nSPS) is 9.82. The highest BCUT2D eigenvalue weighted by Gasteiger charge is 2.06. The molecule has 1 aromatic rings. The third-order valence-electron chi connectivity index (χ3n) is 2.40. The van der Waals surface area contributed by atoms with Crippen LogP contribution in [0.4, 0.5) is 8.78 Å². The molecule has 0 radical (unpaired) electrons. The monoisotopic (exact) mass is 337 g/mol. The van der Waals surface area contributed by atoms with Gasteiger partial charge in [-0.05, 0) is 17.7 Å². The Morgan fingerprint density at radius 2 is 1.95 bits per heavy atom. The van der Waals surface area contributed by atoms with Crippen molar-refractivity contribution in [3.63, 3.8) is 0 Å². The highest BCUT2D eigenvalue weighted by molar-refractivity contribution is 5.85. The highest BCUT2D eigenvalue weighted by Crippen LogP contribution is 2.14. The molecule has 0 aliphatic carbocycles. The number of carbonyl (C=O) groups excluding carboxylic acids is 2. The lowest BCUT2D eigenvalue weighted by molar-refractivity contribution is -0.125. The lowest BCUT2D eigenvalue weighted by Gasteiger charge is -2.09. The number of ether oxygens (including phenoxy) is 1. The number of alkyl halides is 2. The Bertz CT molecular complexity index is 489. The molecule has 9 heteroatoms. The lowest BCUT2D eigenvalue weighted by atomic mass is 10.2. The molecule has 0 saturated carbocycles. The fourth-order valence-electron chi connectivity index (χ4n) is 1.42. The standard InChI is InChI=1S/C13H17F2N3O3.ClH/c14-11(15)8-21-10-3-1-2-9(4-10)6-17-13(20)7-18-12(19)5-16;/h1-4,11H,5-8,16H2,(H,17,20)(H,18,19);1H. The summed E-state index contributed by atoms with van der Waals surface area (Å²) in [6.45, 7) is -0.835. The maximum absolute atomic E-state index is 12.0. The van der Waals surface area contributed by atoms with Crippen LogP contribution < -0.4 is 21.1 Å². The molecule has 0 fully saturated rings. The second kappa shape index (κ2) is 10.7. The van der Waals surface area contributed by atoms with Crippen molar-refractivity contribution in [3.8, 4) is 5.75 Å². The van der Waals surface area contributed by atoms with Crippen molar-refractivity contribution in [3.05, 3.63) is 29.8 Å². The zero-order chi connectivity index (χ0) is 15.7. The van der Waals surface area contributed by atoms with Crippen LogP contribution in [0, 0.1) is 0 Å². The van der Waals surface area contributed by atoms with Crippen molar-refractivity contribution in [2.24, 2.45) is 5.73 Å². The summed E-state index contributed by atoms with van der Waals surface area (Å²) >= 11 is 0. The van der Waals surface area contributed by atoms with Gasteiger partial charge in [0.1, 0.15) is 12.4 Å². The fraction of sp³-hybridized carbons (Fsp3) is 0.385. The maximum Gasteiger partial charge on any atom is 0.272 e. The van der Waals surface area contributed by atoms with Gasteiger partial charge in [0.25, 0.3) is 6.43 Å². The number of carbonyl (C=O) groups is 2. The highest BCUT2D eigenvalue weighted by atomic mass is 35.5. The molecule has 0 aliphatic rings. The van der Waals surface area contributed by atoms with Crippen LogP contribution in [0.3, 0.4) is 0 Å². The van der Waals surface area contributed by atoms with Gasteiger partial charge in [-0.3, -0.25) is 9.59 Å². The number of hydrogen-bond acceptors (Lipinski definition) is 4. The van der Waals surface area contributed by atoms with E-state index in [-0.39, 0.29) is 37.9 Å². The van der Waals surface area contributed by atoms with Gasteiger partial charge in [-0.15, -0.1) is 12.4 Å².